The lowest BCUT2D eigenvalue weighted by Crippen LogP contribution is -2.70. The van der Waals surface area contributed by atoms with Crippen molar-refractivity contribution in [2.75, 3.05) is 6.61 Å². The highest BCUT2D eigenvalue weighted by molar-refractivity contribution is 5.86. The highest BCUT2D eigenvalue weighted by Gasteiger charge is 2.51. The van der Waals surface area contributed by atoms with Crippen LogP contribution in [0.15, 0.2) is 0 Å². The number of hydrogen-bond acceptors (Lipinski definition) is 9. The van der Waals surface area contributed by atoms with Gasteiger partial charge in [-0.3, -0.25) is 14.5 Å². The smallest absolute Gasteiger partial charge is 0.413 e. The third kappa shape index (κ3) is 6.52. The molecule has 3 amide bonds. The second kappa shape index (κ2) is 10.0. The molecule has 7 N–H and O–H groups in total. The van der Waals surface area contributed by atoms with Crippen LogP contribution in [0, 0.1) is 0 Å². The van der Waals surface area contributed by atoms with E-state index >= 15 is 0 Å². The van der Waals surface area contributed by atoms with Gasteiger partial charge in [0.2, 0.25) is 11.8 Å². The molecule has 1 aliphatic rings. The van der Waals surface area contributed by atoms with Gasteiger partial charge < -0.3 is 41.0 Å². The van der Waals surface area contributed by atoms with E-state index in [0.717, 1.165) is 6.92 Å². The first-order valence-electron chi connectivity index (χ1n) is 9.11. The standard InChI is InChI=1S/C17H29N3O10/c1-7(22)19-11-13(25)12(24)9(6-21)29-14(11)20(16(28)30-17(2,3)4)8(15(26)27)5-10(18)23/h8-9,11-14,21,24-25H,5-6H2,1-4H3,(H2,18,23)(H,19,22)(H,26,27)/t8-,9+,11+,12+,13+,14+/m0/s1. The summed E-state index contributed by atoms with van der Waals surface area (Å²) in [5.41, 5.74) is 4.04. The molecule has 1 rings (SSSR count). The predicted octanol–water partition coefficient (Wildman–Crippen LogP) is -2.50. The van der Waals surface area contributed by atoms with Crippen LogP contribution in [0.2, 0.25) is 0 Å². The number of rotatable bonds is 7. The molecule has 30 heavy (non-hydrogen) atoms. The number of carboxylic acid groups (broad SMARTS) is 1. The topological polar surface area (TPSA) is 209 Å². The van der Waals surface area contributed by atoms with E-state index in [1.54, 1.807) is 0 Å². The summed E-state index contributed by atoms with van der Waals surface area (Å²) < 4.78 is 10.7. The summed E-state index contributed by atoms with van der Waals surface area (Å²) in [4.78, 5) is 48.3. The molecule has 0 saturated carbocycles. The number of amides is 3. The van der Waals surface area contributed by atoms with Crippen molar-refractivity contribution in [1.82, 2.24) is 10.2 Å². The van der Waals surface area contributed by atoms with Crippen LogP contribution in [0.3, 0.4) is 0 Å². The second-order valence-corrected chi connectivity index (χ2v) is 7.87. The Morgan fingerprint density at radius 1 is 1.20 bits per heavy atom. The fourth-order valence-corrected chi connectivity index (χ4v) is 2.94. The maximum atomic E-state index is 12.9. The molecule has 172 valence electrons. The minimum absolute atomic E-state index is 0.511. The zero-order valence-electron chi connectivity index (χ0n) is 17.1. The van der Waals surface area contributed by atoms with E-state index in [4.69, 9.17) is 15.2 Å². The van der Waals surface area contributed by atoms with Gasteiger partial charge in [0.25, 0.3) is 0 Å². The molecule has 1 fully saturated rings. The largest absolute Gasteiger partial charge is 0.480 e. The van der Waals surface area contributed by atoms with Crippen LogP contribution in [0.1, 0.15) is 34.1 Å². The third-order valence-corrected chi connectivity index (χ3v) is 4.16. The number of nitrogens with two attached hydrogens (primary N) is 1. The Morgan fingerprint density at radius 3 is 2.17 bits per heavy atom. The predicted molar refractivity (Wildman–Crippen MR) is 98.7 cm³/mol. The molecule has 6 atom stereocenters. The van der Waals surface area contributed by atoms with E-state index in [1.807, 2.05) is 0 Å². The number of carboxylic acids is 1. The van der Waals surface area contributed by atoms with Crippen molar-refractivity contribution in [3.8, 4) is 0 Å². The number of carbonyl (C=O) groups excluding carboxylic acids is 3. The zero-order chi connectivity index (χ0) is 23.4. The molecule has 13 nitrogen and oxygen atoms in total. The van der Waals surface area contributed by atoms with Crippen LogP contribution in [0.5, 0.6) is 0 Å². The number of aliphatic carboxylic acids is 1. The van der Waals surface area contributed by atoms with Crippen molar-refractivity contribution in [3.05, 3.63) is 0 Å². The molecule has 0 aromatic carbocycles. The lowest BCUT2D eigenvalue weighted by atomic mass is 9.94. The second-order valence-electron chi connectivity index (χ2n) is 7.87. The van der Waals surface area contributed by atoms with Crippen LogP contribution in [-0.2, 0) is 23.9 Å². The summed E-state index contributed by atoms with van der Waals surface area (Å²) >= 11 is 0. The van der Waals surface area contributed by atoms with Gasteiger partial charge in [0.1, 0.15) is 36.0 Å². The molecule has 0 aromatic rings. The molecular weight excluding hydrogens is 406 g/mol. The number of aliphatic hydroxyl groups is 3. The van der Waals surface area contributed by atoms with Gasteiger partial charge >= 0.3 is 12.1 Å². The minimum atomic E-state index is -1.89. The molecule has 0 radical (unpaired) electrons. The van der Waals surface area contributed by atoms with Gasteiger partial charge in [0.15, 0.2) is 6.23 Å². The molecule has 0 aliphatic carbocycles. The van der Waals surface area contributed by atoms with Gasteiger partial charge in [0, 0.05) is 6.92 Å². The Morgan fingerprint density at radius 2 is 1.77 bits per heavy atom. The summed E-state index contributed by atoms with van der Waals surface area (Å²) in [6.07, 6.45) is -8.64. The van der Waals surface area contributed by atoms with E-state index in [-0.39, 0.29) is 0 Å². The lowest BCUT2D eigenvalue weighted by molar-refractivity contribution is -0.233. The molecule has 13 heteroatoms. The lowest BCUT2D eigenvalue weighted by Gasteiger charge is -2.47. The molecule has 1 aliphatic heterocycles. The van der Waals surface area contributed by atoms with Gasteiger partial charge in [-0.1, -0.05) is 0 Å². The highest BCUT2D eigenvalue weighted by atomic mass is 16.6. The number of carbonyl (C=O) groups is 4. The number of aliphatic hydroxyl groups excluding tert-OH is 3. The van der Waals surface area contributed by atoms with Crippen LogP contribution >= 0.6 is 0 Å². The van der Waals surface area contributed by atoms with Crippen molar-refractivity contribution in [2.24, 2.45) is 5.73 Å². The average molecular weight is 435 g/mol. The van der Waals surface area contributed by atoms with Crippen molar-refractivity contribution < 1.29 is 49.1 Å². The fourth-order valence-electron chi connectivity index (χ4n) is 2.94. The van der Waals surface area contributed by atoms with E-state index in [0.29, 0.717) is 4.90 Å². The summed E-state index contributed by atoms with van der Waals surface area (Å²) in [6.45, 7) is 4.82. The van der Waals surface area contributed by atoms with Crippen molar-refractivity contribution in [3.63, 3.8) is 0 Å². The molecule has 0 bridgehead atoms. The molecular formula is C17H29N3O10. The van der Waals surface area contributed by atoms with Gasteiger partial charge in [-0.15, -0.1) is 0 Å². The Kier molecular flexibility index (Phi) is 8.53. The van der Waals surface area contributed by atoms with E-state index < -0.39 is 79.1 Å². The molecule has 0 aromatic heterocycles. The average Bonchev–Trinajstić information content (AvgIpc) is 2.57. The maximum absolute atomic E-state index is 12.9. The number of hydrogen-bond donors (Lipinski definition) is 6. The number of nitrogens with one attached hydrogen (secondary N) is 1. The van der Waals surface area contributed by atoms with Gasteiger partial charge in [-0.05, 0) is 20.8 Å². The quantitative estimate of drug-likeness (QED) is 0.247. The number of ether oxygens (including phenoxy) is 2. The number of primary amides is 1. The van der Waals surface area contributed by atoms with Crippen molar-refractivity contribution in [1.29, 1.82) is 0 Å². The van der Waals surface area contributed by atoms with E-state index in [1.165, 1.54) is 20.8 Å². The van der Waals surface area contributed by atoms with Gasteiger partial charge in [0.05, 0.1) is 13.0 Å². The molecule has 1 heterocycles. The molecule has 0 spiro atoms. The minimum Gasteiger partial charge on any atom is -0.480 e. The van der Waals surface area contributed by atoms with Crippen LogP contribution in [0.25, 0.3) is 0 Å². The Bertz CT molecular complexity index is 665. The Hall–Kier alpha value is -2.48. The SMILES string of the molecule is CC(=O)N[C@@H]1[C@@H](O)[C@H](O)[C@@H](CO)O[C@H]1N(C(=O)OC(C)(C)C)[C@@H](CC(N)=O)C(=O)O. The maximum Gasteiger partial charge on any atom is 0.413 e. The Balaban J connectivity index is 3.53. The van der Waals surface area contributed by atoms with Gasteiger partial charge in [-0.2, -0.15) is 0 Å². The summed E-state index contributed by atoms with van der Waals surface area (Å²) in [7, 11) is 0. The van der Waals surface area contributed by atoms with Crippen LogP contribution in [0.4, 0.5) is 4.79 Å². The van der Waals surface area contributed by atoms with Gasteiger partial charge in [-0.25, -0.2) is 9.59 Å². The molecule has 1 saturated heterocycles. The Labute approximate surface area is 172 Å². The molecule has 0 unspecified atom stereocenters. The fraction of sp³-hybridized carbons (Fsp3) is 0.765. The summed E-state index contributed by atoms with van der Waals surface area (Å²) in [5.74, 6) is -3.37. The highest BCUT2D eigenvalue weighted by Crippen LogP contribution is 2.28. The normalized spacial score (nSPS) is 27.6. The number of nitrogens with zero attached hydrogens (tertiary/aromatic N) is 1. The zero-order valence-corrected chi connectivity index (χ0v) is 17.1. The monoisotopic (exact) mass is 435 g/mol. The first kappa shape index (κ1) is 25.6. The van der Waals surface area contributed by atoms with Crippen LogP contribution < -0.4 is 11.1 Å². The first-order valence-corrected chi connectivity index (χ1v) is 9.11. The first-order chi connectivity index (χ1) is 13.7. The summed E-state index contributed by atoms with van der Waals surface area (Å²) in [5, 5.41) is 41.9. The van der Waals surface area contributed by atoms with E-state index in [2.05, 4.69) is 5.32 Å². The van der Waals surface area contributed by atoms with Crippen LogP contribution in [-0.4, -0.2) is 98.0 Å². The summed E-state index contributed by atoms with van der Waals surface area (Å²) in [6, 6.07) is -3.40. The third-order valence-electron chi connectivity index (χ3n) is 4.16. The van der Waals surface area contributed by atoms with Crippen molar-refractivity contribution in [2.45, 2.75) is 76.3 Å². The van der Waals surface area contributed by atoms with E-state index in [9.17, 15) is 39.6 Å². The van der Waals surface area contributed by atoms with Crippen molar-refractivity contribution >= 4 is 23.9 Å².